The number of aliphatic hydroxyl groups excluding tert-OH is 1. The largest absolute Gasteiger partial charge is 0.459 e. The van der Waals surface area contributed by atoms with Crippen LogP contribution in [0.15, 0.2) is 0 Å². The van der Waals surface area contributed by atoms with Gasteiger partial charge < -0.3 is 14.6 Å². The van der Waals surface area contributed by atoms with Gasteiger partial charge in [-0.05, 0) is 46.0 Å². The van der Waals surface area contributed by atoms with Crippen LogP contribution in [0.2, 0.25) is 0 Å². The molecule has 0 aromatic rings. The maximum absolute atomic E-state index is 13.4. The summed E-state index contributed by atoms with van der Waals surface area (Å²) in [7, 11) is -3.84. The molecule has 8 heteroatoms. The van der Waals surface area contributed by atoms with Crippen molar-refractivity contribution in [3.8, 4) is 0 Å². The van der Waals surface area contributed by atoms with Gasteiger partial charge in [-0.1, -0.05) is 0 Å². The molecule has 2 aliphatic heterocycles. The third-order valence-electron chi connectivity index (χ3n) is 5.02. The van der Waals surface area contributed by atoms with E-state index in [0.717, 1.165) is 0 Å². The lowest BCUT2D eigenvalue weighted by molar-refractivity contribution is -0.161. The van der Waals surface area contributed by atoms with Gasteiger partial charge in [0, 0.05) is 45.8 Å². The first kappa shape index (κ1) is 20.6. The lowest BCUT2D eigenvalue weighted by Crippen LogP contribution is -2.59. The normalized spacial score (nSPS) is 23.4. The monoisotopic (exact) mass is 377 g/mol. The molecule has 0 spiro atoms. The Morgan fingerprint density at radius 3 is 2.28 bits per heavy atom. The molecular weight excluding hydrogens is 346 g/mol. The molecule has 0 radical (unpaired) electrons. The maximum atomic E-state index is 13.4. The first-order valence-electron chi connectivity index (χ1n) is 9.04. The Morgan fingerprint density at radius 2 is 1.80 bits per heavy atom. The molecule has 25 heavy (non-hydrogen) atoms. The zero-order valence-electron chi connectivity index (χ0n) is 15.5. The van der Waals surface area contributed by atoms with E-state index < -0.39 is 26.3 Å². The SMILES string of the molecule is CC(C)(C)OC(=O)C1(S(=O)(=O)N2CCC(CCO)CC2)CCOCC1. The van der Waals surface area contributed by atoms with Crippen LogP contribution in [-0.2, 0) is 24.3 Å². The van der Waals surface area contributed by atoms with E-state index in [9.17, 15) is 13.2 Å². The van der Waals surface area contributed by atoms with Crippen molar-refractivity contribution in [3.05, 3.63) is 0 Å². The van der Waals surface area contributed by atoms with Crippen LogP contribution in [0, 0.1) is 5.92 Å². The minimum atomic E-state index is -3.84. The lowest BCUT2D eigenvalue weighted by Gasteiger charge is -2.41. The molecule has 2 rings (SSSR count). The predicted octanol–water partition coefficient (Wildman–Crippen LogP) is 1.30. The number of rotatable bonds is 5. The van der Waals surface area contributed by atoms with Crippen molar-refractivity contribution in [3.63, 3.8) is 0 Å². The minimum absolute atomic E-state index is 0.122. The van der Waals surface area contributed by atoms with Crippen molar-refractivity contribution in [2.45, 2.75) is 63.2 Å². The number of carbonyl (C=O) groups excluding carboxylic acids is 1. The van der Waals surface area contributed by atoms with E-state index in [0.29, 0.717) is 38.3 Å². The standard InChI is InChI=1S/C17H31NO6S/c1-16(2,3)24-15(20)17(7-12-23-13-8-17)25(21,22)18-9-4-14(5-10-18)6-11-19/h14,19H,4-13H2,1-3H3. The fraction of sp³-hybridized carbons (Fsp3) is 0.941. The Hall–Kier alpha value is -0.700. The lowest BCUT2D eigenvalue weighted by atomic mass is 9.95. The molecule has 2 heterocycles. The van der Waals surface area contributed by atoms with Crippen LogP contribution in [0.5, 0.6) is 0 Å². The van der Waals surface area contributed by atoms with Gasteiger partial charge in [0.1, 0.15) is 5.60 Å². The van der Waals surface area contributed by atoms with Gasteiger partial charge in [0.25, 0.3) is 0 Å². The van der Waals surface area contributed by atoms with Gasteiger partial charge in [0.15, 0.2) is 4.75 Å². The summed E-state index contributed by atoms with van der Waals surface area (Å²) in [5.74, 6) is -0.329. The zero-order chi connectivity index (χ0) is 18.7. The van der Waals surface area contributed by atoms with Crippen molar-refractivity contribution >= 4 is 16.0 Å². The smallest absolute Gasteiger partial charge is 0.329 e. The highest BCUT2D eigenvalue weighted by molar-refractivity contribution is 7.91. The molecule has 7 nitrogen and oxygen atoms in total. The average molecular weight is 378 g/mol. The Morgan fingerprint density at radius 1 is 1.24 bits per heavy atom. The van der Waals surface area contributed by atoms with Crippen molar-refractivity contribution in [2.24, 2.45) is 5.92 Å². The van der Waals surface area contributed by atoms with E-state index in [2.05, 4.69) is 0 Å². The summed E-state index contributed by atoms with van der Waals surface area (Å²) in [6.07, 6.45) is 2.36. The molecule has 0 amide bonds. The van der Waals surface area contributed by atoms with Gasteiger partial charge in [-0.3, -0.25) is 4.79 Å². The van der Waals surface area contributed by atoms with Gasteiger partial charge in [0.05, 0.1) is 0 Å². The number of hydrogen-bond donors (Lipinski definition) is 1. The molecule has 0 aromatic carbocycles. The second-order valence-electron chi connectivity index (χ2n) is 7.97. The Labute approximate surface area is 150 Å². The summed E-state index contributed by atoms with van der Waals surface area (Å²) < 4.78 is 37.4. The molecule has 0 saturated carbocycles. The summed E-state index contributed by atoms with van der Waals surface area (Å²) >= 11 is 0. The summed E-state index contributed by atoms with van der Waals surface area (Å²) in [6.45, 7) is 6.59. The van der Waals surface area contributed by atoms with E-state index >= 15 is 0 Å². The number of nitrogens with zero attached hydrogens (tertiary/aromatic N) is 1. The number of esters is 1. The summed E-state index contributed by atoms with van der Waals surface area (Å²) in [4.78, 5) is 12.9. The van der Waals surface area contributed by atoms with Crippen LogP contribution in [0.1, 0.15) is 52.9 Å². The summed E-state index contributed by atoms with van der Waals surface area (Å²) in [5.41, 5.74) is -0.744. The van der Waals surface area contributed by atoms with Crippen LogP contribution in [0.4, 0.5) is 0 Å². The molecule has 0 aliphatic carbocycles. The van der Waals surface area contributed by atoms with Gasteiger partial charge in [0.2, 0.25) is 10.0 Å². The van der Waals surface area contributed by atoms with Crippen molar-refractivity contribution in [2.75, 3.05) is 32.9 Å². The summed E-state index contributed by atoms with van der Waals surface area (Å²) in [6, 6.07) is 0. The number of sulfonamides is 1. The third kappa shape index (κ3) is 4.53. The molecule has 0 atom stereocenters. The van der Waals surface area contributed by atoms with E-state index in [1.807, 2.05) is 0 Å². The van der Waals surface area contributed by atoms with Crippen LogP contribution in [-0.4, -0.2) is 67.1 Å². The Balaban J connectivity index is 2.23. The number of ether oxygens (including phenoxy) is 2. The highest BCUT2D eigenvalue weighted by Gasteiger charge is 2.56. The van der Waals surface area contributed by atoms with Gasteiger partial charge in [-0.25, -0.2) is 12.7 Å². The number of aliphatic hydroxyl groups is 1. The fourth-order valence-corrected chi connectivity index (χ4v) is 5.63. The first-order valence-corrected chi connectivity index (χ1v) is 10.5. The second kappa shape index (κ2) is 7.90. The Bertz CT molecular complexity index is 554. The average Bonchev–Trinajstić information content (AvgIpc) is 2.54. The maximum Gasteiger partial charge on any atom is 0.329 e. The van der Waals surface area contributed by atoms with Crippen LogP contribution in [0.25, 0.3) is 0 Å². The minimum Gasteiger partial charge on any atom is -0.459 e. The predicted molar refractivity (Wildman–Crippen MR) is 93.5 cm³/mol. The van der Waals surface area contributed by atoms with E-state index in [1.165, 1.54) is 4.31 Å². The second-order valence-corrected chi connectivity index (χ2v) is 10.2. The van der Waals surface area contributed by atoms with Crippen LogP contribution >= 0.6 is 0 Å². The van der Waals surface area contributed by atoms with Gasteiger partial charge in [-0.2, -0.15) is 0 Å². The number of carbonyl (C=O) groups is 1. The fourth-order valence-electron chi connectivity index (χ4n) is 3.51. The molecule has 0 bridgehead atoms. The topological polar surface area (TPSA) is 93.1 Å². The van der Waals surface area contributed by atoms with E-state index in [-0.39, 0.29) is 32.7 Å². The molecular formula is C17H31NO6S. The summed E-state index contributed by atoms with van der Waals surface area (Å²) in [5, 5.41) is 9.06. The van der Waals surface area contributed by atoms with Gasteiger partial charge >= 0.3 is 5.97 Å². The quantitative estimate of drug-likeness (QED) is 0.726. The Kier molecular flexibility index (Phi) is 6.51. The molecule has 2 fully saturated rings. The van der Waals surface area contributed by atoms with E-state index in [4.69, 9.17) is 14.6 Å². The number of hydrogen-bond acceptors (Lipinski definition) is 6. The number of piperidine rings is 1. The zero-order valence-corrected chi connectivity index (χ0v) is 16.3. The molecule has 0 aromatic heterocycles. The molecule has 2 aliphatic rings. The molecule has 146 valence electrons. The van der Waals surface area contributed by atoms with Crippen molar-refractivity contribution in [1.82, 2.24) is 4.31 Å². The van der Waals surface area contributed by atoms with E-state index in [1.54, 1.807) is 20.8 Å². The molecule has 1 N–H and O–H groups in total. The van der Waals surface area contributed by atoms with Crippen LogP contribution < -0.4 is 0 Å². The van der Waals surface area contributed by atoms with Gasteiger partial charge in [-0.15, -0.1) is 0 Å². The first-order chi connectivity index (χ1) is 11.6. The molecule has 0 unspecified atom stereocenters. The van der Waals surface area contributed by atoms with Crippen molar-refractivity contribution < 1.29 is 27.8 Å². The highest BCUT2D eigenvalue weighted by Crippen LogP contribution is 2.37. The highest BCUT2D eigenvalue weighted by atomic mass is 32.2. The third-order valence-corrected chi connectivity index (χ3v) is 7.62. The molecule has 2 saturated heterocycles. The van der Waals surface area contributed by atoms with Crippen LogP contribution in [0.3, 0.4) is 0 Å². The van der Waals surface area contributed by atoms with Crippen molar-refractivity contribution in [1.29, 1.82) is 0 Å².